The molecule has 0 radical (unpaired) electrons. The molecule has 144 valence electrons. The van der Waals surface area contributed by atoms with Crippen molar-refractivity contribution in [1.82, 2.24) is 0 Å². The van der Waals surface area contributed by atoms with Crippen LogP contribution < -0.4 is 5.73 Å². The molecule has 0 fully saturated rings. The van der Waals surface area contributed by atoms with Crippen molar-refractivity contribution in [2.75, 3.05) is 13.2 Å². The van der Waals surface area contributed by atoms with E-state index in [9.17, 15) is 0 Å². The van der Waals surface area contributed by atoms with E-state index in [0.29, 0.717) is 6.61 Å². The average Bonchev–Trinajstić information content (AvgIpc) is 2.66. The lowest BCUT2D eigenvalue weighted by molar-refractivity contribution is 0.134. The Morgan fingerprint density at radius 1 is 0.880 bits per heavy atom. The highest BCUT2D eigenvalue weighted by molar-refractivity contribution is 5.51. The normalized spacial score (nSPS) is 10.2. The van der Waals surface area contributed by atoms with E-state index in [1.54, 1.807) is 0 Å². The molecule has 2 nitrogen and oxygen atoms in total. The van der Waals surface area contributed by atoms with Crippen LogP contribution in [0.4, 0.5) is 0 Å². The summed E-state index contributed by atoms with van der Waals surface area (Å²) in [4.78, 5) is 0. The van der Waals surface area contributed by atoms with Gasteiger partial charge in [-0.1, -0.05) is 102 Å². The minimum Gasteiger partial charge on any atom is -0.377 e. The molecule has 2 N–H and O–H groups in total. The number of benzene rings is 1. The first kappa shape index (κ1) is 23.9. The number of unbranched alkanes of at least 4 members (excludes halogenated alkanes) is 9. The molecule has 2 heteroatoms. The predicted octanol–water partition coefficient (Wildman–Crippen LogP) is 6.73. The quantitative estimate of drug-likeness (QED) is 0.378. The second kappa shape index (κ2) is 19.2. The zero-order valence-corrected chi connectivity index (χ0v) is 16.8. The number of ether oxygens (including phenoxy) is 1. The second-order valence-corrected chi connectivity index (χ2v) is 6.51. The number of hydrogen-bond donors (Lipinski definition) is 1. The van der Waals surface area contributed by atoms with E-state index in [1.165, 1.54) is 69.8 Å². The first-order chi connectivity index (χ1) is 12.3. The van der Waals surface area contributed by atoms with E-state index in [4.69, 9.17) is 10.5 Å². The Morgan fingerprint density at radius 2 is 1.44 bits per heavy atom. The molecule has 0 aliphatic carbocycles. The summed E-state index contributed by atoms with van der Waals surface area (Å²) in [5, 5.41) is 0. The van der Waals surface area contributed by atoms with Crippen LogP contribution in [0.1, 0.15) is 89.2 Å². The smallest absolute Gasteiger partial charge is 0.0722 e. The van der Waals surface area contributed by atoms with Gasteiger partial charge < -0.3 is 10.5 Å². The SMILES string of the molecule is C=Cc1ccccc1COCC.CCCCCCCCCCCCN. The maximum Gasteiger partial charge on any atom is 0.0722 e. The summed E-state index contributed by atoms with van der Waals surface area (Å²) in [6, 6.07) is 8.13. The lowest BCUT2D eigenvalue weighted by Gasteiger charge is -2.04. The molecular formula is C23H41NO. The maximum atomic E-state index is 5.42. The van der Waals surface area contributed by atoms with Crippen molar-refractivity contribution < 1.29 is 4.74 Å². The number of hydrogen-bond acceptors (Lipinski definition) is 2. The first-order valence-electron chi connectivity index (χ1n) is 10.3. The Balaban J connectivity index is 0.000000462. The van der Waals surface area contributed by atoms with E-state index in [-0.39, 0.29) is 0 Å². The highest BCUT2D eigenvalue weighted by Gasteiger charge is 1.96. The molecule has 0 aromatic heterocycles. The molecule has 1 aromatic carbocycles. The summed E-state index contributed by atoms with van der Waals surface area (Å²) in [7, 11) is 0. The molecule has 1 rings (SSSR count). The van der Waals surface area contributed by atoms with Crippen molar-refractivity contribution in [3.8, 4) is 0 Å². The molecule has 0 amide bonds. The highest BCUT2D eigenvalue weighted by atomic mass is 16.5. The van der Waals surface area contributed by atoms with E-state index in [1.807, 2.05) is 31.2 Å². The molecule has 1 aromatic rings. The van der Waals surface area contributed by atoms with E-state index < -0.39 is 0 Å². The van der Waals surface area contributed by atoms with Crippen molar-refractivity contribution in [1.29, 1.82) is 0 Å². The van der Waals surface area contributed by atoms with Gasteiger partial charge in [-0.3, -0.25) is 0 Å². The van der Waals surface area contributed by atoms with Crippen molar-refractivity contribution in [2.24, 2.45) is 5.73 Å². The fraction of sp³-hybridized carbons (Fsp3) is 0.652. The van der Waals surface area contributed by atoms with Crippen LogP contribution in [0.15, 0.2) is 30.8 Å². The summed E-state index contributed by atoms with van der Waals surface area (Å²) in [5.41, 5.74) is 7.79. The van der Waals surface area contributed by atoms with Crippen LogP contribution >= 0.6 is 0 Å². The summed E-state index contributed by atoms with van der Waals surface area (Å²) in [6.45, 7) is 10.3. The largest absolute Gasteiger partial charge is 0.377 e. The van der Waals surface area contributed by atoms with Gasteiger partial charge in [-0.25, -0.2) is 0 Å². The van der Waals surface area contributed by atoms with E-state index in [2.05, 4.69) is 19.6 Å². The van der Waals surface area contributed by atoms with Gasteiger partial charge in [0.1, 0.15) is 0 Å². The Morgan fingerprint density at radius 3 is 1.96 bits per heavy atom. The zero-order valence-electron chi connectivity index (χ0n) is 16.8. The molecule has 0 aliphatic heterocycles. The van der Waals surface area contributed by atoms with Crippen molar-refractivity contribution in [2.45, 2.75) is 84.7 Å². The van der Waals surface area contributed by atoms with Crippen LogP contribution in [-0.4, -0.2) is 13.2 Å². The van der Waals surface area contributed by atoms with E-state index in [0.717, 1.165) is 18.7 Å². The highest BCUT2D eigenvalue weighted by Crippen LogP contribution is 2.11. The third-order valence-corrected chi connectivity index (χ3v) is 4.29. The van der Waals surface area contributed by atoms with Crippen LogP contribution in [-0.2, 0) is 11.3 Å². The van der Waals surface area contributed by atoms with Gasteiger partial charge in [0.05, 0.1) is 6.61 Å². The summed E-state index contributed by atoms with van der Waals surface area (Å²) < 4.78 is 5.31. The summed E-state index contributed by atoms with van der Waals surface area (Å²) >= 11 is 0. The molecule has 0 heterocycles. The van der Waals surface area contributed by atoms with Crippen LogP contribution in [0.5, 0.6) is 0 Å². The van der Waals surface area contributed by atoms with E-state index >= 15 is 0 Å². The molecule has 25 heavy (non-hydrogen) atoms. The molecule has 0 atom stereocenters. The minimum absolute atomic E-state index is 0.679. The Bertz CT molecular complexity index is 393. The van der Waals surface area contributed by atoms with Crippen molar-refractivity contribution in [3.63, 3.8) is 0 Å². The fourth-order valence-corrected chi connectivity index (χ4v) is 2.71. The average molecular weight is 348 g/mol. The Hall–Kier alpha value is -1.12. The van der Waals surface area contributed by atoms with Gasteiger partial charge in [0.25, 0.3) is 0 Å². The minimum atomic E-state index is 0.679. The summed E-state index contributed by atoms with van der Waals surface area (Å²) in [5.74, 6) is 0. The topological polar surface area (TPSA) is 35.2 Å². The third-order valence-electron chi connectivity index (χ3n) is 4.29. The van der Waals surface area contributed by atoms with Gasteiger partial charge in [0.15, 0.2) is 0 Å². The second-order valence-electron chi connectivity index (χ2n) is 6.51. The standard InChI is InChI=1S/C12H27N.C11H14O/c1-2-3-4-5-6-7-8-9-10-11-12-13;1-3-10-7-5-6-8-11(10)9-12-4-2/h2-13H2,1H3;3,5-8H,1,4,9H2,2H3. The fourth-order valence-electron chi connectivity index (χ4n) is 2.71. The van der Waals surface area contributed by atoms with Crippen LogP contribution in [0.3, 0.4) is 0 Å². The Labute approximate surface area is 156 Å². The lowest BCUT2D eigenvalue weighted by atomic mass is 10.1. The molecule has 0 saturated carbocycles. The molecule has 0 spiro atoms. The predicted molar refractivity (Wildman–Crippen MR) is 113 cm³/mol. The summed E-state index contributed by atoms with van der Waals surface area (Å²) in [6.07, 6.45) is 15.8. The number of rotatable bonds is 14. The van der Waals surface area contributed by atoms with Gasteiger partial charge in [0.2, 0.25) is 0 Å². The van der Waals surface area contributed by atoms with Gasteiger partial charge in [-0.05, 0) is 31.0 Å². The molecule has 0 bridgehead atoms. The zero-order chi connectivity index (χ0) is 18.6. The van der Waals surface area contributed by atoms with Crippen molar-refractivity contribution in [3.05, 3.63) is 42.0 Å². The van der Waals surface area contributed by atoms with Gasteiger partial charge in [-0.15, -0.1) is 0 Å². The van der Waals surface area contributed by atoms with Crippen LogP contribution in [0.25, 0.3) is 6.08 Å². The lowest BCUT2D eigenvalue weighted by Crippen LogP contribution is -1.97. The molecule has 0 saturated heterocycles. The van der Waals surface area contributed by atoms with Gasteiger partial charge >= 0.3 is 0 Å². The third kappa shape index (κ3) is 14.9. The van der Waals surface area contributed by atoms with Gasteiger partial charge in [0, 0.05) is 6.61 Å². The molecule has 0 aliphatic rings. The maximum absolute atomic E-state index is 5.42. The Kier molecular flexibility index (Phi) is 18.3. The van der Waals surface area contributed by atoms with Gasteiger partial charge in [-0.2, -0.15) is 0 Å². The first-order valence-corrected chi connectivity index (χ1v) is 10.3. The van der Waals surface area contributed by atoms with Crippen LogP contribution in [0, 0.1) is 0 Å². The number of nitrogens with two attached hydrogens (primary N) is 1. The molecule has 0 unspecified atom stereocenters. The monoisotopic (exact) mass is 347 g/mol. The van der Waals surface area contributed by atoms with Crippen molar-refractivity contribution >= 4 is 6.08 Å². The van der Waals surface area contributed by atoms with Crippen LogP contribution in [0.2, 0.25) is 0 Å². The molecular weight excluding hydrogens is 306 g/mol.